The summed E-state index contributed by atoms with van der Waals surface area (Å²) < 4.78 is 44.7. The summed E-state index contributed by atoms with van der Waals surface area (Å²) in [6.45, 7) is 5.16. The van der Waals surface area contributed by atoms with Gasteiger partial charge in [0, 0.05) is 5.56 Å². The highest BCUT2D eigenvalue weighted by atomic mass is 19.4. The minimum absolute atomic E-state index is 0.0918. The molecule has 0 spiro atoms. The van der Waals surface area contributed by atoms with Gasteiger partial charge in [-0.15, -0.1) is 0 Å². The Morgan fingerprint density at radius 3 is 2.32 bits per heavy atom. The van der Waals surface area contributed by atoms with Gasteiger partial charge in [0.2, 0.25) is 0 Å². The lowest BCUT2D eigenvalue weighted by molar-refractivity contribution is -0.268. The largest absolute Gasteiger partial charge is 0.493 e. The first-order valence-corrected chi connectivity index (χ1v) is 6.29. The Balaban J connectivity index is 3.33. The molecule has 0 saturated carbocycles. The van der Waals surface area contributed by atoms with Gasteiger partial charge in [0.05, 0.1) is 6.61 Å². The third kappa shape index (κ3) is 3.21. The molecule has 0 aliphatic rings. The Morgan fingerprint density at radius 1 is 1.21 bits per heavy atom. The van der Waals surface area contributed by atoms with Crippen molar-refractivity contribution in [2.45, 2.75) is 45.4 Å². The van der Waals surface area contributed by atoms with Gasteiger partial charge in [-0.1, -0.05) is 25.5 Å². The predicted octanol–water partition coefficient (Wildman–Crippen LogP) is 3.94. The van der Waals surface area contributed by atoms with Gasteiger partial charge in [-0.3, -0.25) is 0 Å². The van der Waals surface area contributed by atoms with Crippen molar-refractivity contribution in [1.82, 2.24) is 0 Å². The third-order valence-electron chi connectivity index (χ3n) is 3.02. The van der Waals surface area contributed by atoms with Crippen LogP contribution in [0.3, 0.4) is 0 Å². The molecule has 0 saturated heterocycles. The van der Waals surface area contributed by atoms with Crippen LogP contribution in [0, 0.1) is 6.92 Å². The van der Waals surface area contributed by atoms with Crippen molar-refractivity contribution in [2.24, 2.45) is 0 Å². The molecule has 1 aromatic rings. The van der Waals surface area contributed by atoms with Gasteiger partial charge >= 0.3 is 6.18 Å². The zero-order chi connectivity index (χ0) is 14.7. The zero-order valence-corrected chi connectivity index (χ0v) is 11.3. The molecule has 1 rings (SSSR count). The maximum absolute atomic E-state index is 13.1. The topological polar surface area (TPSA) is 29.5 Å². The number of aliphatic hydroxyl groups is 1. The molecule has 108 valence electrons. The fraction of sp³-hybridized carbons (Fsp3) is 0.571. The molecule has 0 aliphatic heterocycles. The second-order valence-electron chi connectivity index (χ2n) is 4.56. The van der Waals surface area contributed by atoms with E-state index in [4.69, 9.17) is 4.74 Å². The first kappa shape index (κ1) is 15.8. The van der Waals surface area contributed by atoms with Crippen molar-refractivity contribution in [3.63, 3.8) is 0 Å². The second-order valence-corrected chi connectivity index (χ2v) is 4.56. The highest BCUT2D eigenvalue weighted by Crippen LogP contribution is 2.45. The minimum atomic E-state index is -4.74. The molecule has 1 unspecified atom stereocenters. The van der Waals surface area contributed by atoms with Crippen LogP contribution >= 0.6 is 0 Å². The average Bonchev–Trinajstić information content (AvgIpc) is 2.35. The van der Waals surface area contributed by atoms with Crippen molar-refractivity contribution in [3.8, 4) is 5.75 Å². The lowest BCUT2D eigenvalue weighted by atomic mass is 9.88. The summed E-state index contributed by atoms with van der Waals surface area (Å²) in [5, 5.41) is 10.0. The molecule has 0 heterocycles. The van der Waals surface area contributed by atoms with Gasteiger partial charge in [-0.05, 0) is 31.9 Å². The van der Waals surface area contributed by atoms with Crippen molar-refractivity contribution < 1.29 is 23.0 Å². The lowest BCUT2D eigenvalue weighted by Gasteiger charge is -2.31. The Labute approximate surface area is 111 Å². The van der Waals surface area contributed by atoms with Crippen molar-refractivity contribution >= 4 is 0 Å². The molecule has 0 amide bonds. The fourth-order valence-corrected chi connectivity index (χ4v) is 1.85. The van der Waals surface area contributed by atoms with E-state index in [9.17, 15) is 18.3 Å². The molecular formula is C14H19F3O2. The van der Waals surface area contributed by atoms with Gasteiger partial charge in [0.15, 0.2) is 5.60 Å². The maximum Gasteiger partial charge on any atom is 0.421 e. The zero-order valence-electron chi connectivity index (χ0n) is 11.3. The molecule has 5 heteroatoms. The normalized spacial score (nSPS) is 15.1. The van der Waals surface area contributed by atoms with Crippen LogP contribution in [-0.2, 0) is 5.60 Å². The molecule has 2 nitrogen and oxygen atoms in total. The average molecular weight is 276 g/mol. The van der Waals surface area contributed by atoms with Gasteiger partial charge < -0.3 is 9.84 Å². The third-order valence-corrected chi connectivity index (χ3v) is 3.02. The number of rotatable bonds is 5. The molecule has 19 heavy (non-hydrogen) atoms. The van der Waals surface area contributed by atoms with Crippen LogP contribution in [-0.4, -0.2) is 17.9 Å². The summed E-state index contributed by atoms with van der Waals surface area (Å²) in [7, 11) is 0. The van der Waals surface area contributed by atoms with Crippen LogP contribution in [0.1, 0.15) is 37.8 Å². The highest BCUT2D eigenvalue weighted by molar-refractivity contribution is 5.42. The predicted molar refractivity (Wildman–Crippen MR) is 67.2 cm³/mol. The molecular weight excluding hydrogens is 257 g/mol. The quantitative estimate of drug-likeness (QED) is 0.882. The van der Waals surface area contributed by atoms with Crippen molar-refractivity contribution in [1.29, 1.82) is 0 Å². The van der Waals surface area contributed by atoms with E-state index in [2.05, 4.69) is 0 Å². The SMILES string of the molecule is CCCOc1ccc(C)cc1C(O)(CC)C(F)(F)F. The Kier molecular flexibility index (Phi) is 4.85. The van der Waals surface area contributed by atoms with E-state index in [-0.39, 0.29) is 11.3 Å². The van der Waals surface area contributed by atoms with E-state index in [1.165, 1.54) is 19.1 Å². The standard InChI is InChI=1S/C14H19F3O2/c1-4-8-19-12-7-6-10(3)9-11(12)13(18,5-2)14(15,16)17/h6-7,9,18H,4-5,8H2,1-3H3. The number of aryl methyl sites for hydroxylation is 1. The molecule has 1 atom stereocenters. The van der Waals surface area contributed by atoms with Crippen LogP contribution in [0.15, 0.2) is 18.2 Å². The molecule has 0 fully saturated rings. The van der Waals surface area contributed by atoms with Gasteiger partial charge in [-0.25, -0.2) is 0 Å². The summed E-state index contributed by atoms with van der Waals surface area (Å²) in [6, 6.07) is 4.48. The van der Waals surface area contributed by atoms with E-state index in [0.29, 0.717) is 18.6 Å². The molecule has 1 N–H and O–H groups in total. The van der Waals surface area contributed by atoms with Gasteiger partial charge in [-0.2, -0.15) is 13.2 Å². The number of hydrogen-bond acceptors (Lipinski definition) is 2. The molecule has 0 aliphatic carbocycles. The summed E-state index contributed by atoms with van der Waals surface area (Å²) in [5.74, 6) is 0.0918. The number of halogens is 3. The van der Waals surface area contributed by atoms with Crippen LogP contribution < -0.4 is 4.74 Å². The monoisotopic (exact) mass is 276 g/mol. The number of benzene rings is 1. The smallest absolute Gasteiger partial charge is 0.421 e. The number of ether oxygens (including phenoxy) is 1. The summed E-state index contributed by atoms with van der Waals surface area (Å²) in [5.41, 5.74) is -2.44. The molecule has 1 aromatic carbocycles. The fourth-order valence-electron chi connectivity index (χ4n) is 1.85. The van der Waals surface area contributed by atoms with E-state index >= 15 is 0 Å². The highest BCUT2D eigenvalue weighted by Gasteiger charge is 2.54. The van der Waals surface area contributed by atoms with Crippen molar-refractivity contribution in [3.05, 3.63) is 29.3 Å². The van der Waals surface area contributed by atoms with E-state index < -0.39 is 18.2 Å². The van der Waals surface area contributed by atoms with E-state index in [1.54, 1.807) is 13.0 Å². The van der Waals surface area contributed by atoms with Gasteiger partial charge in [0.1, 0.15) is 5.75 Å². The minimum Gasteiger partial charge on any atom is -0.493 e. The number of alkyl halides is 3. The lowest BCUT2D eigenvalue weighted by Crippen LogP contribution is -2.42. The van der Waals surface area contributed by atoms with Crippen LogP contribution in [0.5, 0.6) is 5.75 Å². The van der Waals surface area contributed by atoms with E-state index in [0.717, 1.165) is 0 Å². The second kappa shape index (κ2) is 5.82. The Bertz CT molecular complexity index is 429. The Morgan fingerprint density at radius 2 is 1.84 bits per heavy atom. The van der Waals surface area contributed by atoms with Crippen LogP contribution in [0.2, 0.25) is 0 Å². The first-order chi connectivity index (χ1) is 8.76. The van der Waals surface area contributed by atoms with Gasteiger partial charge in [0.25, 0.3) is 0 Å². The molecule has 0 aromatic heterocycles. The first-order valence-electron chi connectivity index (χ1n) is 6.29. The molecule has 0 bridgehead atoms. The number of hydrogen-bond donors (Lipinski definition) is 1. The summed E-state index contributed by atoms with van der Waals surface area (Å²) in [4.78, 5) is 0. The van der Waals surface area contributed by atoms with E-state index in [1.807, 2.05) is 6.92 Å². The van der Waals surface area contributed by atoms with Crippen LogP contribution in [0.4, 0.5) is 13.2 Å². The summed E-state index contributed by atoms with van der Waals surface area (Å²) in [6.07, 6.45) is -4.51. The Hall–Kier alpha value is -1.23. The van der Waals surface area contributed by atoms with Crippen LogP contribution in [0.25, 0.3) is 0 Å². The van der Waals surface area contributed by atoms with Crippen molar-refractivity contribution in [2.75, 3.05) is 6.61 Å². The molecule has 0 radical (unpaired) electrons. The maximum atomic E-state index is 13.1. The summed E-state index contributed by atoms with van der Waals surface area (Å²) >= 11 is 0.